The zero-order chi connectivity index (χ0) is 13.7. The summed E-state index contributed by atoms with van der Waals surface area (Å²) < 4.78 is 0. The van der Waals surface area contributed by atoms with Crippen molar-refractivity contribution in [3.05, 3.63) is 0 Å². The van der Waals surface area contributed by atoms with Gasteiger partial charge in [-0.05, 0) is 25.2 Å². The van der Waals surface area contributed by atoms with E-state index in [2.05, 4.69) is 19.2 Å². The Kier molecular flexibility index (Phi) is 6.50. The number of rotatable bonds is 5. The summed E-state index contributed by atoms with van der Waals surface area (Å²) >= 11 is 1.52. The summed E-state index contributed by atoms with van der Waals surface area (Å²) in [6.07, 6.45) is 3.24. The highest BCUT2D eigenvalue weighted by molar-refractivity contribution is 8.00. The van der Waals surface area contributed by atoms with Crippen molar-refractivity contribution in [3.8, 4) is 0 Å². The lowest BCUT2D eigenvalue weighted by atomic mass is 9.78. The lowest BCUT2D eigenvalue weighted by molar-refractivity contribution is -0.120. The topological polar surface area (TPSA) is 49.3 Å². The van der Waals surface area contributed by atoms with Gasteiger partial charge in [-0.3, -0.25) is 4.79 Å². The molecule has 0 aromatic carbocycles. The SMILES string of the molecule is CC(O)C(C)SCC(=O)NC1CCCC(C)C1C. The fraction of sp³-hybridized carbons (Fsp3) is 0.929. The van der Waals surface area contributed by atoms with Crippen LogP contribution in [-0.4, -0.2) is 34.2 Å². The predicted molar refractivity (Wildman–Crippen MR) is 77.7 cm³/mol. The molecular formula is C14H27NO2S. The second-order valence-corrected chi connectivity index (χ2v) is 7.06. The normalized spacial score (nSPS) is 31.7. The van der Waals surface area contributed by atoms with Gasteiger partial charge in [0.15, 0.2) is 0 Å². The molecule has 1 aliphatic rings. The Morgan fingerprint density at radius 2 is 2.06 bits per heavy atom. The number of thioether (sulfide) groups is 1. The number of carbonyl (C=O) groups is 1. The fourth-order valence-corrected chi connectivity index (χ4v) is 3.16. The van der Waals surface area contributed by atoms with E-state index in [0.717, 1.165) is 6.42 Å². The molecular weight excluding hydrogens is 246 g/mol. The summed E-state index contributed by atoms with van der Waals surface area (Å²) in [6.45, 7) is 8.22. The average molecular weight is 273 g/mol. The molecule has 0 radical (unpaired) electrons. The predicted octanol–water partition coefficient (Wildman–Crippen LogP) is 2.43. The molecule has 0 bridgehead atoms. The van der Waals surface area contributed by atoms with E-state index in [1.807, 2.05) is 6.92 Å². The lowest BCUT2D eigenvalue weighted by Crippen LogP contribution is -2.44. The minimum absolute atomic E-state index is 0.110. The highest BCUT2D eigenvalue weighted by Crippen LogP contribution is 2.29. The first-order valence-corrected chi connectivity index (χ1v) is 8.05. The molecule has 0 heterocycles. The third kappa shape index (κ3) is 4.81. The number of aliphatic hydroxyl groups excluding tert-OH is 1. The molecule has 1 fully saturated rings. The van der Waals surface area contributed by atoms with Gasteiger partial charge in [-0.15, -0.1) is 11.8 Å². The average Bonchev–Trinajstić information content (AvgIpc) is 2.32. The standard InChI is InChI=1S/C14H27NO2S/c1-9-6-5-7-13(10(9)2)15-14(17)8-18-12(4)11(3)16/h9-13,16H,5-8H2,1-4H3,(H,15,17). The maximum atomic E-state index is 11.9. The molecule has 4 heteroatoms. The molecule has 0 aromatic rings. The molecule has 5 unspecified atom stereocenters. The van der Waals surface area contributed by atoms with Gasteiger partial charge in [-0.2, -0.15) is 0 Å². The van der Waals surface area contributed by atoms with Gasteiger partial charge >= 0.3 is 0 Å². The van der Waals surface area contributed by atoms with Crippen molar-refractivity contribution >= 4 is 17.7 Å². The van der Waals surface area contributed by atoms with Crippen LogP contribution < -0.4 is 5.32 Å². The van der Waals surface area contributed by atoms with Crippen molar-refractivity contribution in [2.24, 2.45) is 11.8 Å². The molecule has 2 N–H and O–H groups in total. The summed E-state index contributed by atoms with van der Waals surface area (Å²) in [5, 5.41) is 12.6. The van der Waals surface area contributed by atoms with Crippen molar-refractivity contribution in [1.82, 2.24) is 5.32 Å². The second kappa shape index (κ2) is 7.39. The maximum Gasteiger partial charge on any atom is 0.230 e. The van der Waals surface area contributed by atoms with E-state index in [1.165, 1.54) is 24.6 Å². The molecule has 1 amide bonds. The minimum Gasteiger partial charge on any atom is -0.392 e. The van der Waals surface area contributed by atoms with Crippen LogP contribution in [0, 0.1) is 11.8 Å². The van der Waals surface area contributed by atoms with Crippen molar-refractivity contribution in [2.75, 3.05) is 5.75 Å². The van der Waals surface area contributed by atoms with E-state index in [9.17, 15) is 9.90 Å². The van der Waals surface area contributed by atoms with Crippen molar-refractivity contribution in [1.29, 1.82) is 0 Å². The Hall–Kier alpha value is -0.220. The molecule has 0 aliphatic heterocycles. The van der Waals surface area contributed by atoms with Crippen LogP contribution >= 0.6 is 11.8 Å². The van der Waals surface area contributed by atoms with Crippen LogP contribution in [0.5, 0.6) is 0 Å². The van der Waals surface area contributed by atoms with Gasteiger partial charge in [0.2, 0.25) is 5.91 Å². The van der Waals surface area contributed by atoms with E-state index in [1.54, 1.807) is 6.92 Å². The summed E-state index contributed by atoms with van der Waals surface area (Å²) in [5.41, 5.74) is 0. The molecule has 106 valence electrons. The van der Waals surface area contributed by atoms with Crippen LogP contribution in [-0.2, 0) is 4.79 Å². The highest BCUT2D eigenvalue weighted by Gasteiger charge is 2.28. The first-order chi connectivity index (χ1) is 8.41. The van der Waals surface area contributed by atoms with Crippen LogP contribution in [0.4, 0.5) is 0 Å². The lowest BCUT2D eigenvalue weighted by Gasteiger charge is -2.34. The number of carbonyl (C=O) groups excluding carboxylic acids is 1. The summed E-state index contributed by atoms with van der Waals surface area (Å²) in [7, 11) is 0. The van der Waals surface area contributed by atoms with E-state index < -0.39 is 0 Å². The molecule has 1 aliphatic carbocycles. The van der Waals surface area contributed by atoms with E-state index >= 15 is 0 Å². The maximum absolute atomic E-state index is 11.9. The smallest absolute Gasteiger partial charge is 0.230 e. The zero-order valence-electron chi connectivity index (χ0n) is 12.0. The molecule has 1 saturated carbocycles. The highest BCUT2D eigenvalue weighted by atomic mass is 32.2. The Labute approximate surface area is 115 Å². The molecule has 3 nitrogen and oxygen atoms in total. The van der Waals surface area contributed by atoms with Gasteiger partial charge in [-0.1, -0.05) is 33.6 Å². The first kappa shape index (κ1) is 15.8. The van der Waals surface area contributed by atoms with E-state index in [4.69, 9.17) is 0 Å². The largest absolute Gasteiger partial charge is 0.392 e. The van der Waals surface area contributed by atoms with Gasteiger partial charge in [-0.25, -0.2) is 0 Å². The number of hydrogen-bond donors (Lipinski definition) is 2. The number of amides is 1. The summed E-state index contributed by atoms with van der Waals surface area (Å²) in [4.78, 5) is 11.9. The zero-order valence-corrected chi connectivity index (χ0v) is 12.8. The number of aliphatic hydroxyl groups is 1. The van der Waals surface area contributed by atoms with Gasteiger partial charge < -0.3 is 10.4 Å². The Balaban J connectivity index is 2.31. The molecule has 0 spiro atoms. The van der Waals surface area contributed by atoms with Gasteiger partial charge in [0.25, 0.3) is 0 Å². The molecule has 5 atom stereocenters. The van der Waals surface area contributed by atoms with E-state index in [-0.39, 0.29) is 17.3 Å². The van der Waals surface area contributed by atoms with Crippen LogP contribution in [0.1, 0.15) is 47.0 Å². The molecule has 1 rings (SSSR count). The third-order valence-electron chi connectivity index (χ3n) is 4.21. The quantitative estimate of drug-likeness (QED) is 0.809. The van der Waals surface area contributed by atoms with Crippen LogP contribution in [0.3, 0.4) is 0 Å². The van der Waals surface area contributed by atoms with E-state index in [0.29, 0.717) is 23.6 Å². The first-order valence-electron chi connectivity index (χ1n) is 7.00. The summed E-state index contributed by atoms with van der Waals surface area (Å²) in [6, 6.07) is 0.337. The van der Waals surface area contributed by atoms with Crippen molar-refractivity contribution < 1.29 is 9.90 Å². The number of hydrogen-bond acceptors (Lipinski definition) is 3. The van der Waals surface area contributed by atoms with Crippen LogP contribution in [0.2, 0.25) is 0 Å². The fourth-order valence-electron chi connectivity index (χ4n) is 2.38. The van der Waals surface area contributed by atoms with Gasteiger partial charge in [0.1, 0.15) is 0 Å². The van der Waals surface area contributed by atoms with Gasteiger partial charge in [0.05, 0.1) is 11.9 Å². The second-order valence-electron chi connectivity index (χ2n) is 5.70. The Bertz CT molecular complexity index is 271. The minimum atomic E-state index is -0.364. The molecule has 0 saturated heterocycles. The summed E-state index contributed by atoms with van der Waals surface area (Å²) in [5.74, 6) is 1.83. The Morgan fingerprint density at radius 3 is 2.67 bits per heavy atom. The van der Waals surface area contributed by atoms with Crippen molar-refractivity contribution in [3.63, 3.8) is 0 Å². The monoisotopic (exact) mass is 273 g/mol. The van der Waals surface area contributed by atoms with Gasteiger partial charge in [0, 0.05) is 11.3 Å². The van der Waals surface area contributed by atoms with Crippen LogP contribution in [0.25, 0.3) is 0 Å². The molecule has 18 heavy (non-hydrogen) atoms. The van der Waals surface area contributed by atoms with Crippen molar-refractivity contribution in [2.45, 2.75) is 64.4 Å². The number of nitrogens with one attached hydrogen (secondary N) is 1. The Morgan fingerprint density at radius 1 is 1.39 bits per heavy atom. The molecule has 0 aromatic heterocycles. The third-order valence-corrected chi connectivity index (χ3v) is 5.56. The van der Waals surface area contributed by atoms with Crippen LogP contribution in [0.15, 0.2) is 0 Å².